The number of fused-ring (bicyclic) bond motifs is 1. The number of benzene rings is 3. The lowest BCUT2D eigenvalue weighted by Gasteiger charge is -2.15. The van der Waals surface area contributed by atoms with E-state index in [1.54, 1.807) is 30.3 Å². The minimum Gasteiger partial charge on any atom is -0.481 e. The highest BCUT2D eigenvalue weighted by molar-refractivity contribution is 5.98. The summed E-state index contributed by atoms with van der Waals surface area (Å²) in [5, 5.41) is 12.8. The van der Waals surface area contributed by atoms with E-state index in [4.69, 9.17) is 5.11 Å². The van der Waals surface area contributed by atoms with Crippen molar-refractivity contribution in [2.75, 3.05) is 6.54 Å². The fourth-order valence-corrected chi connectivity index (χ4v) is 4.23. The van der Waals surface area contributed by atoms with Gasteiger partial charge >= 0.3 is 5.97 Å². The smallest absolute Gasteiger partial charge is 0.303 e. The zero-order valence-electron chi connectivity index (χ0n) is 20.0. The molecule has 0 aliphatic carbocycles. The molecule has 0 aliphatic heterocycles. The molecule has 1 aromatic heterocycles. The Labute approximate surface area is 212 Å². The Kier molecular flexibility index (Phi) is 8.08. The van der Waals surface area contributed by atoms with Crippen LogP contribution < -0.4 is 10.9 Å². The number of nitrogens with one attached hydrogen (secondary N) is 1. The van der Waals surface area contributed by atoms with Gasteiger partial charge in [0.25, 0.3) is 11.5 Å². The molecule has 1 amide bonds. The Morgan fingerprint density at radius 3 is 2.19 bits per heavy atom. The molecule has 0 saturated carbocycles. The van der Waals surface area contributed by atoms with Crippen LogP contribution in [0.15, 0.2) is 77.6 Å². The molecule has 4 rings (SSSR count). The van der Waals surface area contributed by atoms with Crippen LogP contribution >= 0.6 is 0 Å². The predicted octanol–water partition coefficient (Wildman–Crippen LogP) is 5.04. The number of hydrogen-bond donors (Lipinski definition) is 2. The third-order valence-corrected chi connectivity index (χ3v) is 6.13. The summed E-state index contributed by atoms with van der Waals surface area (Å²) in [5.74, 6) is -1.92. The largest absolute Gasteiger partial charge is 0.481 e. The lowest BCUT2D eigenvalue weighted by atomic mass is 10.0. The molecule has 6 nitrogen and oxygen atoms in total. The molecule has 0 spiro atoms. The maximum atomic E-state index is 13.5. The van der Waals surface area contributed by atoms with E-state index >= 15 is 0 Å². The van der Waals surface area contributed by atoms with E-state index in [1.807, 2.05) is 6.07 Å². The number of aromatic nitrogens is 1. The van der Waals surface area contributed by atoms with E-state index in [9.17, 15) is 23.2 Å². The second-order valence-electron chi connectivity index (χ2n) is 8.79. The monoisotopic (exact) mass is 504 g/mol. The van der Waals surface area contributed by atoms with Crippen molar-refractivity contribution in [3.8, 4) is 5.69 Å². The van der Waals surface area contributed by atoms with Gasteiger partial charge in [0.05, 0.1) is 0 Å². The van der Waals surface area contributed by atoms with E-state index in [0.29, 0.717) is 59.9 Å². The number of carbonyl (C=O) groups excluding carboxylic acids is 1. The van der Waals surface area contributed by atoms with Crippen LogP contribution in [0.4, 0.5) is 8.78 Å². The minimum absolute atomic E-state index is 0.0244. The van der Waals surface area contributed by atoms with Crippen molar-refractivity contribution in [2.45, 2.75) is 32.1 Å². The number of carboxylic acid groups (broad SMARTS) is 1. The van der Waals surface area contributed by atoms with Crippen molar-refractivity contribution >= 4 is 22.6 Å². The highest BCUT2D eigenvalue weighted by atomic mass is 19.1. The third-order valence-electron chi connectivity index (χ3n) is 6.13. The Morgan fingerprint density at radius 1 is 0.838 bits per heavy atom. The third kappa shape index (κ3) is 6.46. The summed E-state index contributed by atoms with van der Waals surface area (Å²) < 4.78 is 28.1. The Bertz CT molecular complexity index is 1480. The fraction of sp³-hybridized carbons (Fsp3) is 0.207. The number of amides is 1. The van der Waals surface area contributed by atoms with Gasteiger partial charge in [0.15, 0.2) is 0 Å². The molecule has 0 bridgehead atoms. The van der Waals surface area contributed by atoms with Crippen LogP contribution in [0.1, 0.15) is 40.9 Å². The first-order valence-electron chi connectivity index (χ1n) is 12.0. The van der Waals surface area contributed by atoms with Gasteiger partial charge in [0, 0.05) is 35.3 Å². The molecule has 190 valence electrons. The topological polar surface area (TPSA) is 88.4 Å². The number of pyridine rings is 1. The van der Waals surface area contributed by atoms with Crippen LogP contribution in [-0.2, 0) is 17.6 Å². The molecule has 0 fully saturated rings. The Morgan fingerprint density at radius 2 is 1.51 bits per heavy atom. The van der Waals surface area contributed by atoms with E-state index in [-0.39, 0.29) is 23.7 Å². The molecular weight excluding hydrogens is 478 g/mol. The number of unbranched alkanes of at least 4 members (excludes halogenated alkanes) is 1. The zero-order valence-corrected chi connectivity index (χ0v) is 20.0. The van der Waals surface area contributed by atoms with Gasteiger partial charge in [-0.2, -0.15) is 0 Å². The second-order valence-corrected chi connectivity index (χ2v) is 8.79. The maximum Gasteiger partial charge on any atom is 0.303 e. The highest BCUT2D eigenvalue weighted by Crippen LogP contribution is 2.20. The Hall–Kier alpha value is -4.33. The maximum absolute atomic E-state index is 13.5. The van der Waals surface area contributed by atoms with Gasteiger partial charge in [-0.25, -0.2) is 8.78 Å². The molecule has 0 aliphatic rings. The van der Waals surface area contributed by atoms with Crippen LogP contribution in [0, 0.1) is 11.6 Å². The van der Waals surface area contributed by atoms with Crippen molar-refractivity contribution in [1.82, 2.24) is 9.88 Å². The number of carbonyl (C=O) groups is 2. The van der Waals surface area contributed by atoms with Crippen molar-refractivity contribution in [3.05, 3.63) is 112 Å². The summed E-state index contributed by atoms with van der Waals surface area (Å²) in [6.07, 6.45) is 1.99. The van der Waals surface area contributed by atoms with Gasteiger partial charge in [-0.15, -0.1) is 0 Å². The van der Waals surface area contributed by atoms with Gasteiger partial charge in [0.2, 0.25) is 0 Å². The normalized spacial score (nSPS) is 11.0. The van der Waals surface area contributed by atoms with Gasteiger partial charge in [-0.3, -0.25) is 19.0 Å². The Balaban J connectivity index is 1.60. The SMILES string of the molecule is O=C(O)CCCCc1cc2cc(C(=O)NCCc3ccc(F)cc3)ccc2c(=O)n1-c1ccc(F)cc1. The molecular formula is C29H26F2N2O4. The molecule has 3 aromatic carbocycles. The molecule has 4 aromatic rings. The summed E-state index contributed by atoms with van der Waals surface area (Å²) in [7, 11) is 0. The van der Waals surface area contributed by atoms with Gasteiger partial charge < -0.3 is 10.4 Å². The molecule has 0 radical (unpaired) electrons. The zero-order chi connectivity index (χ0) is 26.4. The van der Waals surface area contributed by atoms with Gasteiger partial charge in [-0.05, 0) is 97.3 Å². The summed E-state index contributed by atoms with van der Waals surface area (Å²) in [6, 6.07) is 18.3. The van der Waals surface area contributed by atoms with E-state index in [2.05, 4.69) is 5.32 Å². The molecule has 0 atom stereocenters. The number of aliphatic carboxylic acids is 1. The van der Waals surface area contributed by atoms with Crippen molar-refractivity contribution in [3.63, 3.8) is 0 Å². The van der Waals surface area contributed by atoms with Gasteiger partial charge in [0.1, 0.15) is 11.6 Å². The summed E-state index contributed by atoms with van der Waals surface area (Å²) in [5.41, 5.74) is 2.13. The van der Waals surface area contributed by atoms with Crippen LogP contribution in [0.2, 0.25) is 0 Å². The van der Waals surface area contributed by atoms with Crippen LogP contribution in [0.3, 0.4) is 0 Å². The number of nitrogens with zero attached hydrogens (tertiary/aromatic N) is 1. The van der Waals surface area contributed by atoms with Gasteiger partial charge in [-0.1, -0.05) is 12.1 Å². The quantitative estimate of drug-likeness (QED) is 0.296. The average Bonchev–Trinajstić information content (AvgIpc) is 2.88. The first-order chi connectivity index (χ1) is 17.8. The van der Waals surface area contributed by atoms with E-state index in [0.717, 1.165) is 5.56 Å². The molecule has 1 heterocycles. The molecule has 0 unspecified atom stereocenters. The van der Waals surface area contributed by atoms with Crippen molar-refractivity contribution in [1.29, 1.82) is 0 Å². The van der Waals surface area contributed by atoms with Crippen molar-refractivity contribution < 1.29 is 23.5 Å². The summed E-state index contributed by atoms with van der Waals surface area (Å²) in [6.45, 7) is 0.365. The fourth-order valence-electron chi connectivity index (χ4n) is 4.23. The summed E-state index contributed by atoms with van der Waals surface area (Å²) in [4.78, 5) is 37.1. The first kappa shape index (κ1) is 25.8. The van der Waals surface area contributed by atoms with Crippen LogP contribution in [0.25, 0.3) is 16.5 Å². The van der Waals surface area contributed by atoms with Crippen molar-refractivity contribution in [2.24, 2.45) is 0 Å². The minimum atomic E-state index is -0.885. The van der Waals surface area contributed by atoms with E-state index in [1.165, 1.54) is 41.0 Å². The first-order valence-corrected chi connectivity index (χ1v) is 12.0. The average molecular weight is 505 g/mol. The lowest BCUT2D eigenvalue weighted by molar-refractivity contribution is -0.137. The molecule has 0 saturated heterocycles. The van der Waals surface area contributed by atoms with Crippen LogP contribution in [0.5, 0.6) is 0 Å². The predicted molar refractivity (Wildman–Crippen MR) is 137 cm³/mol. The number of carboxylic acids is 1. The van der Waals surface area contributed by atoms with Crippen LogP contribution in [-0.4, -0.2) is 28.1 Å². The standard InChI is InChI=1S/C29H26F2N2O4/c30-22-8-5-19(6-9-22)15-16-32-28(36)20-7-14-26-21(17-20)18-25(3-1-2-4-27(34)35)33(29(26)37)24-12-10-23(31)11-13-24/h5-14,17-18H,1-4,15-16H2,(H,32,36)(H,34,35). The number of rotatable bonds is 10. The molecule has 8 heteroatoms. The number of aryl methyl sites for hydroxylation is 1. The second kappa shape index (κ2) is 11.6. The highest BCUT2D eigenvalue weighted by Gasteiger charge is 2.14. The van der Waals surface area contributed by atoms with E-state index < -0.39 is 11.8 Å². The molecule has 37 heavy (non-hydrogen) atoms. The summed E-state index contributed by atoms with van der Waals surface area (Å²) >= 11 is 0. The lowest BCUT2D eigenvalue weighted by Crippen LogP contribution is -2.26. The molecule has 2 N–H and O–H groups in total. The number of hydrogen-bond acceptors (Lipinski definition) is 3. The number of halogens is 2.